The maximum atomic E-state index is 6.33. The maximum Gasteiger partial charge on any atom is 0.0937 e. The summed E-state index contributed by atoms with van der Waals surface area (Å²) in [5.74, 6) is 0. The molecule has 2 aromatic rings. The number of aryl methyl sites for hydroxylation is 1. The first-order valence-electron chi connectivity index (χ1n) is 7.23. The van der Waals surface area contributed by atoms with Crippen LogP contribution < -0.4 is 5.32 Å². The molecular weight excluding hydrogens is 307 g/mol. The van der Waals surface area contributed by atoms with Gasteiger partial charge in [-0.05, 0) is 31.5 Å². The third-order valence-corrected chi connectivity index (χ3v) is 3.70. The summed E-state index contributed by atoms with van der Waals surface area (Å²) in [5, 5.41) is 9.00. The summed E-state index contributed by atoms with van der Waals surface area (Å²) in [7, 11) is 0. The van der Waals surface area contributed by atoms with Crippen LogP contribution in [0.1, 0.15) is 44.1 Å². The van der Waals surface area contributed by atoms with E-state index < -0.39 is 0 Å². The van der Waals surface area contributed by atoms with E-state index in [1.807, 2.05) is 16.9 Å². The topological polar surface area (TPSA) is 42.7 Å². The van der Waals surface area contributed by atoms with Gasteiger partial charge < -0.3 is 5.32 Å². The van der Waals surface area contributed by atoms with Crippen LogP contribution in [-0.4, -0.2) is 21.3 Å². The zero-order valence-electron chi connectivity index (χ0n) is 12.3. The number of hydrogen-bond acceptors (Lipinski definition) is 3. The second-order valence-corrected chi connectivity index (χ2v) is 5.73. The maximum absolute atomic E-state index is 6.33. The molecule has 0 bridgehead atoms. The number of aromatic nitrogens is 3. The molecule has 0 aliphatic rings. The van der Waals surface area contributed by atoms with Crippen molar-refractivity contribution >= 4 is 23.2 Å². The summed E-state index contributed by atoms with van der Waals surface area (Å²) in [4.78, 5) is 4.42. The van der Waals surface area contributed by atoms with Gasteiger partial charge in [0.25, 0.3) is 0 Å². The van der Waals surface area contributed by atoms with Crippen LogP contribution in [0, 0.1) is 0 Å². The number of nitrogens with zero attached hydrogens (tertiary/aromatic N) is 3. The van der Waals surface area contributed by atoms with Gasteiger partial charge in [0.1, 0.15) is 0 Å². The second kappa shape index (κ2) is 7.78. The predicted molar refractivity (Wildman–Crippen MR) is 86.9 cm³/mol. The molecule has 21 heavy (non-hydrogen) atoms. The third-order valence-electron chi connectivity index (χ3n) is 3.19. The lowest BCUT2D eigenvalue weighted by Crippen LogP contribution is -2.27. The highest BCUT2D eigenvalue weighted by atomic mass is 35.5. The molecule has 1 atom stereocenters. The van der Waals surface area contributed by atoms with Crippen molar-refractivity contribution in [2.45, 2.75) is 39.3 Å². The molecule has 2 heterocycles. The van der Waals surface area contributed by atoms with Gasteiger partial charge in [-0.1, -0.05) is 37.0 Å². The molecular formula is C15H20Cl2N4. The van der Waals surface area contributed by atoms with Crippen molar-refractivity contribution in [3.63, 3.8) is 0 Å². The summed E-state index contributed by atoms with van der Waals surface area (Å²) in [6.45, 7) is 6.01. The van der Waals surface area contributed by atoms with Crippen LogP contribution in [0.2, 0.25) is 10.0 Å². The van der Waals surface area contributed by atoms with Crippen molar-refractivity contribution in [3.8, 4) is 0 Å². The number of halogens is 2. The zero-order valence-corrected chi connectivity index (χ0v) is 13.8. The van der Waals surface area contributed by atoms with Gasteiger partial charge in [-0.3, -0.25) is 9.67 Å². The Hall–Kier alpha value is -1.10. The number of hydrogen-bond donors (Lipinski definition) is 1. The standard InChI is InChI=1S/C15H20Cl2N4/c1-3-6-18-15(13-5-7-20-21(13)8-4-2)14-12(17)9-11(16)10-19-14/h5,7,9-10,15,18H,3-4,6,8H2,1-2H3. The molecule has 0 aromatic carbocycles. The fourth-order valence-corrected chi connectivity index (χ4v) is 2.74. The molecule has 0 spiro atoms. The van der Waals surface area contributed by atoms with E-state index in [1.54, 1.807) is 12.3 Å². The van der Waals surface area contributed by atoms with E-state index in [4.69, 9.17) is 23.2 Å². The van der Waals surface area contributed by atoms with Gasteiger partial charge in [-0.25, -0.2) is 0 Å². The van der Waals surface area contributed by atoms with Crippen LogP contribution in [0.15, 0.2) is 24.5 Å². The smallest absolute Gasteiger partial charge is 0.0937 e. The molecule has 1 unspecified atom stereocenters. The minimum atomic E-state index is -0.0798. The summed E-state index contributed by atoms with van der Waals surface area (Å²) >= 11 is 12.3. The highest BCUT2D eigenvalue weighted by Crippen LogP contribution is 2.28. The first-order valence-corrected chi connectivity index (χ1v) is 7.99. The average Bonchev–Trinajstić information content (AvgIpc) is 2.90. The first-order chi connectivity index (χ1) is 10.2. The lowest BCUT2D eigenvalue weighted by molar-refractivity contribution is 0.505. The molecule has 0 aliphatic heterocycles. The summed E-state index contributed by atoms with van der Waals surface area (Å²) in [6, 6.07) is 3.66. The van der Waals surface area contributed by atoms with E-state index in [9.17, 15) is 0 Å². The summed E-state index contributed by atoms with van der Waals surface area (Å²) < 4.78 is 2.00. The number of pyridine rings is 1. The van der Waals surface area contributed by atoms with Crippen LogP contribution >= 0.6 is 23.2 Å². The van der Waals surface area contributed by atoms with Gasteiger partial charge >= 0.3 is 0 Å². The van der Waals surface area contributed by atoms with E-state index in [0.717, 1.165) is 37.3 Å². The monoisotopic (exact) mass is 326 g/mol. The highest BCUT2D eigenvalue weighted by Gasteiger charge is 2.21. The van der Waals surface area contributed by atoms with Crippen molar-refractivity contribution in [3.05, 3.63) is 46.0 Å². The average molecular weight is 327 g/mol. The van der Waals surface area contributed by atoms with E-state index in [-0.39, 0.29) is 6.04 Å². The summed E-state index contributed by atoms with van der Waals surface area (Å²) in [5.41, 5.74) is 1.86. The molecule has 4 nitrogen and oxygen atoms in total. The largest absolute Gasteiger partial charge is 0.304 e. The van der Waals surface area contributed by atoms with E-state index in [1.165, 1.54) is 0 Å². The van der Waals surface area contributed by atoms with Crippen molar-refractivity contribution in [2.75, 3.05) is 6.54 Å². The van der Waals surface area contributed by atoms with Gasteiger partial charge in [0.15, 0.2) is 0 Å². The number of rotatable bonds is 7. The molecule has 1 N–H and O–H groups in total. The molecule has 0 saturated heterocycles. The van der Waals surface area contributed by atoms with Crippen LogP contribution in [0.5, 0.6) is 0 Å². The van der Waals surface area contributed by atoms with Crippen LogP contribution in [0.3, 0.4) is 0 Å². The van der Waals surface area contributed by atoms with Crippen molar-refractivity contribution in [1.82, 2.24) is 20.1 Å². The van der Waals surface area contributed by atoms with Crippen LogP contribution in [0.25, 0.3) is 0 Å². The molecule has 2 rings (SSSR count). The Balaban J connectivity index is 2.39. The van der Waals surface area contributed by atoms with Gasteiger partial charge in [0, 0.05) is 18.9 Å². The van der Waals surface area contributed by atoms with Crippen LogP contribution in [0.4, 0.5) is 0 Å². The molecule has 0 amide bonds. The first kappa shape index (κ1) is 16.3. The molecule has 0 aliphatic carbocycles. The fourth-order valence-electron chi connectivity index (χ4n) is 2.25. The van der Waals surface area contributed by atoms with E-state index in [0.29, 0.717) is 10.0 Å². The van der Waals surface area contributed by atoms with Crippen molar-refractivity contribution in [1.29, 1.82) is 0 Å². The minimum absolute atomic E-state index is 0.0798. The normalized spacial score (nSPS) is 12.6. The Bertz CT molecular complexity index is 583. The van der Waals surface area contributed by atoms with Crippen LogP contribution in [-0.2, 0) is 6.54 Å². The zero-order chi connectivity index (χ0) is 15.2. The van der Waals surface area contributed by atoms with Gasteiger partial charge in [0.05, 0.1) is 27.5 Å². The Morgan fingerprint density at radius 2 is 2.10 bits per heavy atom. The summed E-state index contributed by atoms with van der Waals surface area (Å²) in [6.07, 6.45) is 5.50. The third kappa shape index (κ3) is 3.96. The van der Waals surface area contributed by atoms with Crippen molar-refractivity contribution in [2.24, 2.45) is 0 Å². The van der Waals surface area contributed by atoms with E-state index in [2.05, 4.69) is 29.2 Å². The predicted octanol–water partition coefficient (Wildman–Crippen LogP) is 4.08. The molecule has 6 heteroatoms. The van der Waals surface area contributed by atoms with Crippen molar-refractivity contribution < 1.29 is 0 Å². The van der Waals surface area contributed by atoms with Gasteiger partial charge in [-0.15, -0.1) is 0 Å². The van der Waals surface area contributed by atoms with Gasteiger partial charge in [0.2, 0.25) is 0 Å². The lowest BCUT2D eigenvalue weighted by Gasteiger charge is -2.20. The molecule has 0 saturated carbocycles. The van der Waals surface area contributed by atoms with Gasteiger partial charge in [-0.2, -0.15) is 5.10 Å². The minimum Gasteiger partial charge on any atom is -0.304 e. The Morgan fingerprint density at radius 1 is 1.29 bits per heavy atom. The lowest BCUT2D eigenvalue weighted by atomic mass is 10.1. The Morgan fingerprint density at radius 3 is 2.76 bits per heavy atom. The fraction of sp³-hybridized carbons (Fsp3) is 0.467. The van der Waals surface area contributed by atoms with E-state index >= 15 is 0 Å². The molecule has 114 valence electrons. The quantitative estimate of drug-likeness (QED) is 0.833. The molecule has 0 radical (unpaired) electrons. The Labute approximate surface area is 135 Å². The Kier molecular flexibility index (Phi) is 6.03. The molecule has 0 fully saturated rings. The SMILES string of the molecule is CCCNC(c1ncc(Cl)cc1Cl)c1ccnn1CCC. The highest BCUT2D eigenvalue weighted by molar-refractivity contribution is 6.34. The second-order valence-electron chi connectivity index (χ2n) is 4.89. The number of nitrogens with one attached hydrogen (secondary N) is 1. The molecule has 2 aromatic heterocycles.